The second-order valence-electron chi connectivity index (χ2n) is 4.48. The molecule has 4 nitrogen and oxygen atoms in total. The lowest BCUT2D eigenvalue weighted by Crippen LogP contribution is -2.12. The Morgan fingerprint density at radius 1 is 1.29 bits per heavy atom. The van der Waals surface area contributed by atoms with Crippen LogP contribution >= 0.6 is 0 Å². The van der Waals surface area contributed by atoms with E-state index in [2.05, 4.69) is 35.8 Å². The largest absolute Gasteiger partial charge is 0.250 e. The summed E-state index contributed by atoms with van der Waals surface area (Å²) < 4.78 is 1.80. The van der Waals surface area contributed by atoms with Crippen LogP contribution in [0, 0.1) is 0 Å². The molecule has 2 rings (SSSR count). The van der Waals surface area contributed by atoms with E-state index in [-0.39, 0.29) is 5.41 Å². The number of hydrogen-bond donors (Lipinski definition) is 0. The van der Waals surface area contributed by atoms with Gasteiger partial charge in [0.15, 0.2) is 5.65 Å². The minimum atomic E-state index is 0.0320. The zero-order valence-corrected chi connectivity index (χ0v) is 8.94. The van der Waals surface area contributed by atoms with Crippen LogP contribution in [0.3, 0.4) is 0 Å². The second kappa shape index (κ2) is 2.77. The van der Waals surface area contributed by atoms with Crippen molar-refractivity contribution in [3.05, 3.63) is 18.2 Å². The van der Waals surface area contributed by atoms with Crippen LogP contribution in [-0.2, 0) is 12.5 Å². The van der Waals surface area contributed by atoms with E-state index in [9.17, 15) is 0 Å². The molecule has 0 aliphatic rings. The molecular weight excluding hydrogens is 176 g/mol. The normalized spacial score (nSPS) is 12.3. The van der Waals surface area contributed by atoms with Gasteiger partial charge in [-0.2, -0.15) is 5.10 Å². The maximum absolute atomic E-state index is 4.48. The molecule has 2 heterocycles. The summed E-state index contributed by atoms with van der Waals surface area (Å²) in [7, 11) is 1.91. The molecule has 0 spiro atoms. The van der Waals surface area contributed by atoms with E-state index in [1.165, 1.54) is 0 Å². The van der Waals surface area contributed by atoms with Crippen molar-refractivity contribution in [2.45, 2.75) is 26.2 Å². The van der Waals surface area contributed by atoms with E-state index in [4.69, 9.17) is 0 Å². The van der Waals surface area contributed by atoms with Gasteiger partial charge in [0.1, 0.15) is 6.33 Å². The number of rotatable bonds is 0. The van der Waals surface area contributed by atoms with Crippen molar-refractivity contribution in [2.75, 3.05) is 0 Å². The molecular formula is C10H14N4. The minimum Gasteiger partial charge on any atom is -0.250 e. The highest BCUT2D eigenvalue weighted by Gasteiger charge is 2.21. The zero-order valence-electron chi connectivity index (χ0n) is 8.94. The molecule has 0 aliphatic heterocycles. The van der Waals surface area contributed by atoms with Crippen LogP contribution in [-0.4, -0.2) is 19.7 Å². The Kier molecular flexibility index (Phi) is 1.80. The van der Waals surface area contributed by atoms with Crippen LogP contribution in [0.15, 0.2) is 12.5 Å². The highest BCUT2D eigenvalue weighted by molar-refractivity contribution is 5.78. The molecule has 0 amide bonds. The molecule has 0 aliphatic carbocycles. The Hall–Kier alpha value is -1.45. The summed E-state index contributed by atoms with van der Waals surface area (Å²) in [5.74, 6) is 0. The molecule has 0 N–H and O–H groups in total. The Balaban J connectivity index is 2.80. The number of aromatic nitrogens is 4. The summed E-state index contributed by atoms with van der Waals surface area (Å²) in [5.41, 5.74) is 1.98. The Morgan fingerprint density at radius 3 is 2.64 bits per heavy atom. The van der Waals surface area contributed by atoms with Crippen LogP contribution in [0.25, 0.3) is 11.0 Å². The molecule has 74 valence electrons. The molecule has 0 unspecified atom stereocenters. The third-order valence-electron chi connectivity index (χ3n) is 2.21. The van der Waals surface area contributed by atoms with Crippen LogP contribution in [0.4, 0.5) is 0 Å². The number of nitrogens with zero attached hydrogens (tertiary/aromatic N) is 4. The highest BCUT2D eigenvalue weighted by atomic mass is 15.3. The fourth-order valence-corrected chi connectivity index (χ4v) is 1.55. The summed E-state index contributed by atoms with van der Waals surface area (Å²) in [6.45, 7) is 6.42. The monoisotopic (exact) mass is 190 g/mol. The summed E-state index contributed by atoms with van der Waals surface area (Å²) >= 11 is 0. The van der Waals surface area contributed by atoms with Crippen LogP contribution in [0.1, 0.15) is 26.5 Å². The molecule has 0 fully saturated rings. The van der Waals surface area contributed by atoms with E-state index in [1.807, 2.05) is 13.2 Å². The Labute approximate surface area is 83.0 Å². The molecule has 14 heavy (non-hydrogen) atoms. The van der Waals surface area contributed by atoms with E-state index >= 15 is 0 Å². The summed E-state index contributed by atoms with van der Waals surface area (Å²) in [6.07, 6.45) is 3.38. The first-order valence-electron chi connectivity index (χ1n) is 4.63. The van der Waals surface area contributed by atoms with Gasteiger partial charge in [0.25, 0.3) is 0 Å². The van der Waals surface area contributed by atoms with E-state index in [0.29, 0.717) is 0 Å². The van der Waals surface area contributed by atoms with Crippen molar-refractivity contribution < 1.29 is 0 Å². The third kappa shape index (κ3) is 1.27. The third-order valence-corrected chi connectivity index (χ3v) is 2.21. The van der Waals surface area contributed by atoms with Gasteiger partial charge in [-0.25, -0.2) is 9.97 Å². The topological polar surface area (TPSA) is 43.6 Å². The maximum Gasteiger partial charge on any atom is 0.161 e. The quantitative estimate of drug-likeness (QED) is 0.634. The Bertz CT molecular complexity index is 464. The van der Waals surface area contributed by atoms with E-state index < -0.39 is 0 Å². The maximum atomic E-state index is 4.48. The molecule has 4 heteroatoms. The first-order valence-corrected chi connectivity index (χ1v) is 4.63. The van der Waals surface area contributed by atoms with Gasteiger partial charge in [-0.3, -0.25) is 4.68 Å². The standard InChI is InChI=1S/C10H14N4/c1-10(2,3)8-7-5-11-6-12-9(7)14(4)13-8/h5-6H,1-4H3. The van der Waals surface area contributed by atoms with Gasteiger partial charge in [-0.1, -0.05) is 20.8 Å². The molecule has 2 aromatic rings. The predicted octanol–water partition coefficient (Wildman–Crippen LogP) is 1.66. The molecule has 0 radical (unpaired) electrons. The van der Waals surface area contributed by atoms with Crippen molar-refractivity contribution in [1.29, 1.82) is 0 Å². The van der Waals surface area contributed by atoms with Gasteiger partial charge in [0.2, 0.25) is 0 Å². The molecule has 0 saturated heterocycles. The minimum absolute atomic E-state index is 0.0320. The average molecular weight is 190 g/mol. The van der Waals surface area contributed by atoms with Crippen molar-refractivity contribution in [2.24, 2.45) is 7.05 Å². The lowest BCUT2D eigenvalue weighted by molar-refractivity contribution is 0.557. The fourth-order valence-electron chi connectivity index (χ4n) is 1.55. The van der Waals surface area contributed by atoms with Crippen LogP contribution in [0.2, 0.25) is 0 Å². The molecule has 2 aromatic heterocycles. The van der Waals surface area contributed by atoms with E-state index in [0.717, 1.165) is 16.7 Å². The van der Waals surface area contributed by atoms with Gasteiger partial charge >= 0.3 is 0 Å². The first-order chi connectivity index (χ1) is 6.50. The molecule has 0 atom stereocenters. The van der Waals surface area contributed by atoms with Crippen molar-refractivity contribution in [1.82, 2.24) is 19.7 Å². The second-order valence-corrected chi connectivity index (χ2v) is 4.48. The molecule has 0 bridgehead atoms. The lowest BCUT2D eigenvalue weighted by atomic mass is 9.91. The number of hydrogen-bond acceptors (Lipinski definition) is 3. The van der Waals surface area contributed by atoms with Crippen molar-refractivity contribution in [3.63, 3.8) is 0 Å². The SMILES string of the molecule is Cn1nc(C(C)(C)C)c2cncnc21. The summed E-state index contributed by atoms with van der Waals surface area (Å²) in [4.78, 5) is 8.24. The van der Waals surface area contributed by atoms with E-state index in [1.54, 1.807) is 11.0 Å². The number of fused-ring (bicyclic) bond motifs is 1. The van der Waals surface area contributed by atoms with Gasteiger partial charge in [-0.15, -0.1) is 0 Å². The smallest absolute Gasteiger partial charge is 0.161 e. The van der Waals surface area contributed by atoms with Gasteiger partial charge in [0, 0.05) is 18.7 Å². The summed E-state index contributed by atoms with van der Waals surface area (Å²) in [6, 6.07) is 0. The van der Waals surface area contributed by atoms with Crippen molar-refractivity contribution >= 4 is 11.0 Å². The average Bonchev–Trinajstić information content (AvgIpc) is 2.44. The summed E-state index contributed by atoms with van der Waals surface area (Å²) in [5, 5.41) is 5.52. The van der Waals surface area contributed by atoms with Crippen LogP contribution in [0.5, 0.6) is 0 Å². The van der Waals surface area contributed by atoms with Gasteiger partial charge in [-0.05, 0) is 0 Å². The highest BCUT2D eigenvalue weighted by Crippen LogP contribution is 2.26. The van der Waals surface area contributed by atoms with Crippen LogP contribution < -0.4 is 0 Å². The fraction of sp³-hybridized carbons (Fsp3) is 0.500. The van der Waals surface area contributed by atoms with Gasteiger partial charge < -0.3 is 0 Å². The predicted molar refractivity (Wildman–Crippen MR) is 55.0 cm³/mol. The number of aryl methyl sites for hydroxylation is 1. The lowest BCUT2D eigenvalue weighted by Gasteiger charge is -2.14. The zero-order chi connectivity index (χ0) is 10.3. The molecule has 0 aromatic carbocycles. The molecule has 0 saturated carbocycles. The van der Waals surface area contributed by atoms with Crippen molar-refractivity contribution in [3.8, 4) is 0 Å². The first kappa shape index (κ1) is 9.12. The Morgan fingerprint density at radius 2 is 2.00 bits per heavy atom. The van der Waals surface area contributed by atoms with Gasteiger partial charge in [0.05, 0.1) is 11.1 Å².